The Labute approximate surface area is 86.2 Å². The summed E-state index contributed by atoms with van der Waals surface area (Å²) in [5, 5.41) is 3.14. The minimum absolute atomic E-state index is 0.279. The molecule has 0 saturated carbocycles. The Morgan fingerprint density at radius 1 is 1.36 bits per heavy atom. The molecule has 1 heterocycles. The van der Waals surface area contributed by atoms with E-state index in [1.165, 1.54) is 0 Å². The predicted molar refractivity (Wildman–Crippen MR) is 57.2 cm³/mol. The molecule has 0 atom stereocenters. The summed E-state index contributed by atoms with van der Waals surface area (Å²) in [5.74, 6) is 0.279. The molecular weight excluding hydrogens is 178 g/mol. The molecular formula is C10H21N3O. The van der Waals surface area contributed by atoms with Crippen molar-refractivity contribution in [1.82, 2.24) is 15.1 Å². The Bertz CT molecular complexity index is 184. The van der Waals surface area contributed by atoms with Gasteiger partial charge in [0.1, 0.15) is 0 Å². The Hall–Kier alpha value is -0.610. The normalized spacial score (nSPS) is 19.9. The quantitative estimate of drug-likeness (QED) is 0.635. The summed E-state index contributed by atoms with van der Waals surface area (Å²) < 4.78 is 0. The van der Waals surface area contributed by atoms with E-state index in [0.29, 0.717) is 6.42 Å². The van der Waals surface area contributed by atoms with Crippen molar-refractivity contribution in [2.24, 2.45) is 0 Å². The van der Waals surface area contributed by atoms with E-state index >= 15 is 0 Å². The summed E-state index contributed by atoms with van der Waals surface area (Å²) in [6.45, 7) is 4.97. The maximum atomic E-state index is 11.4. The van der Waals surface area contributed by atoms with Gasteiger partial charge in [0.05, 0.1) is 0 Å². The third kappa shape index (κ3) is 3.64. The molecule has 82 valence electrons. The Morgan fingerprint density at radius 2 is 2.14 bits per heavy atom. The van der Waals surface area contributed by atoms with Crippen LogP contribution in [-0.4, -0.2) is 62.5 Å². The number of likely N-dealkylation sites (N-methyl/N-ethyl adjacent to an activating group) is 1. The van der Waals surface area contributed by atoms with Crippen molar-refractivity contribution >= 4 is 5.91 Å². The Balaban J connectivity index is 2.24. The second-order valence-corrected chi connectivity index (χ2v) is 3.86. The first-order valence-corrected chi connectivity index (χ1v) is 5.35. The van der Waals surface area contributed by atoms with E-state index in [1.54, 1.807) is 0 Å². The molecule has 1 aliphatic rings. The van der Waals surface area contributed by atoms with Crippen molar-refractivity contribution in [2.75, 3.05) is 46.8 Å². The van der Waals surface area contributed by atoms with Crippen LogP contribution in [0, 0.1) is 0 Å². The van der Waals surface area contributed by atoms with E-state index in [0.717, 1.165) is 39.1 Å². The van der Waals surface area contributed by atoms with Crippen LogP contribution in [0.1, 0.15) is 12.8 Å². The third-order valence-corrected chi connectivity index (χ3v) is 2.72. The average Bonchev–Trinajstić information content (AvgIpc) is 2.33. The highest BCUT2D eigenvalue weighted by molar-refractivity contribution is 5.76. The molecule has 1 aliphatic heterocycles. The molecule has 4 nitrogen and oxygen atoms in total. The van der Waals surface area contributed by atoms with Crippen LogP contribution in [0.15, 0.2) is 0 Å². The van der Waals surface area contributed by atoms with E-state index in [-0.39, 0.29) is 5.91 Å². The molecule has 0 bridgehead atoms. The zero-order valence-corrected chi connectivity index (χ0v) is 9.25. The zero-order valence-electron chi connectivity index (χ0n) is 9.25. The van der Waals surface area contributed by atoms with Crippen LogP contribution in [-0.2, 0) is 4.79 Å². The number of rotatable bonds is 4. The maximum Gasteiger partial charge on any atom is 0.223 e. The van der Waals surface area contributed by atoms with E-state index in [4.69, 9.17) is 0 Å². The summed E-state index contributed by atoms with van der Waals surface area (Å²) in [7, 11) is 3.86. The summed E-state index contributed by atoms with van der Waals surface area (Å²) in [5.41, 5.74) is 0. The van der Waals surface area contributed by atoms with Crippen LogP contribution in [0.4, 0.5) is 0 Å². The first-order chi connectivity index (χ1) is 6.74. The number of carbonyl (C=O) groups is 1. The van der Waals surface area contributed by atoms with Crippen LogP contribution in [0.25, 0.3) is 0 Å². The highest BCUT2D eigenvalue weighted by atomic mass is 16.2. The summed E-state index contributed by atoms with van der Waals surface area (Å²) in [6, 6.07) is 0. The van der Waals surface area contributed by atoms with E-state index in [9.17, 15) is 4.79 Å². The fourth-order valence-electron chi connectivity index (χ4n) is 1.68. The second kappa shape index (κ2) is 5.98. The van der Waals surface area contributed by atoms with Crippen molar-refractivity contribution in [1.29, 1.82) is 0 Å². The van der Waals surface area contributed by atoms with Gasteiger partial charge in [0, 0.05) is 33.1 Å². The molecule has 0 unspecified atom stereocenters. The summed E-state index contributed by atoms with van der Waals surface area (Å²) in [6.07, 6.45) is 1.84. The van der Waals surface area contributed by atoms with Gasteiger partial charge in [-0.2, -0.15) is 0 Å². The number of hydrogen-bond donors (Lipinski definition) is 1. The van der Waals surface area contributed by atoms with Gasteiger partial charge in [0.25, 0.3) is 0 Å². The molecule has 0 aromatic carbocycles. The highest BCUT2D eigenvalue weighted by Crippen LogP contribution is 2.02. The van der Waals surface area contributed by atoms with Crippen LogP contribution in [0.3, 0.4) is 0 Å². The van der Waals surface area contributed by atoms with E-state index in [2.05, 4.69) is 10.2 Å². The van der Waals surface area contributed by atoms with Crippen molar-refractivity contribution in [3.63, 3.8) is 0 Å². The molecule has 1 rings (SSSR count). The lowest BCUT2D eigenvalue weighted by molar-refractivity contribution is -0.129. The molecule has 0 aliphatic carbocycles. The van der Waals surface area contributed by atoms with Crippen LogP contribution in [0.2, 0.25) is 0 Å². The van der Waals surface area contributed by atoms with Gasteiger partial charge in [-0.15, -0.1) is 0 Å². The molecule has 1 N–H and O–H groups in total. The monoisotopic (exact) mass is 199 g/mol. The molecule has 1 amide bonds. The topological polar surface area (TPSA) is 35.6 Å². The largest absolute Gasteiger partial charge is 0.344 e. The Morgan fingerprint density at radius 3 is 2.86 bits per heavy atom. The Kier molecular flexibility index (Phi) is 4.90. The molecule has 14 heavy (non-hydrogen) atoms. The molecule has 1 fully saturated rings. The number of amides is 1. The zero-order chi connectivity index (χ0) is 10.4. The predicted octanol–water partition coefficient (Wildman–Crippen LogP) is -0.240. The van der Waals surface area contributed by atoms with Crippen molar-refractivity contribution < 1.29 is 4.79 Å². The molecule has 0 aromatic rings. The van der Waals surface area contributed by atoms with Gasteiger partial charge in [-0.1, -0.05) is 0 Å². The van der Waals surface area contributed by atoms with Crippen LogP contribution >= 0.6 is 0 Å². The fourth-order valence-corrected chi connectivity index (χ4v) is 1.68. The average molecular weight is 199 g/mol. The molecule has 1 saturated heterocycles. The maximum absolute atomic E-state index is 11.4. The van der Waals surface area contributed by atoms with Gasteiger partial charge in [-0.25, -0.2) is 0 Å². The standard InChI is InChI=1S/C10H21N3O/c1-11-5-3-6-13-7-4-10(14)12(2)8-9-13/h11H,3-9H2,1-2H3. The summed E-state index contributed by atoms with van der Waals surface area (Å²) >= 11 is 0. The second-order valence-electron chi connectivity index (χ2n) is 3.86. The van der Waals surface area contributed by atoms with Gasteiger partial charge < -0.3 is 15.1 Å². The van der Waals surface area contributed by atoms with Crippen LogP contribution in [0.5, 0.6) is 0 Å². The smallest absolute Gasteiger partial charge is 0.223 e. The number of nitrogens with one attached hydrogen (secondary N) is 1. The fraction of sp³-hybridized carbons (Fsp3) is 0.900. The first kappa shape index (κ1) is 11.5. The molecule has 0 aromatic heterocycles. The van der Waals surface area contributed by atoms with Gasteiger partial charge >= 0.3 is 0 Å². The minimum Gasteiger partial charge on any atom is -0.344 e. The summed E-state index contributed by atoms with van der Waals surface area (Å²) in [4.78, 5) is 15.6. The van der Waals surface area contributed by atoms with E-state index < -0.39 is 0 Å². The van der Waals surface area contributed by atoms with E-state index in [1.807, 2.05) is 19.0 Å². The SMILES string of the molecule is CNCCCN1CCC(=O)N(C)CC1. The lowest BCUT2D eigenvalue weighted by Gasteiger charge is -2.19. The first-order valence-electron chi connectivity index (χ1n) is 5.35. The third-order valence-electron chi connectivity index (χ3n) is 2.72. The van der Waals surface area contributed by atoms with Gasteiger partial charge in [0.2, 0.25) is 5.91 Å². The van der Waals surface area contributed by atoms with Crippen molar-refractivity contribution in [3.05, 3.63) is 0 Å². The molecule has 0 spiro atoms. The van der Waals surface area contributed by atoms with Gasteiger partial charge in [-0.3, -0.25) is 4.79 Å². The van der Waals surface area contributed by atoms with Crippen molar-refractivity contribution in [3.8, 4) is 0 Å². The van der Waals surface area contributed by atoms with Crippen molar-refractivity contribution in [2.45, 2.75) is 12.8 Å². The lowest BCUT2D eigenvalue weighted by atomic mass is 10.3. The van der Waals surface area contributed by atoms with Crippen LogP contribution < -0.4 is 5.32 Å². The minimum atomic E-state index is 0.279. The number of hydrogen-bond acceptors (Lipinski definition) is 3. The molecule has 0 radical (unpaired) electrons. The molecule has 4 heteroatoms. The number of carbonyl (C=O) groups excluding carboxylic acids is 1. The number of nitrogens with zero attached hydrogens (tertiary/aromatic N) is 2. The highest BCUT2D eigenvalue weighted by Gasteiger charge is 2.16. The van der Waals surface area contributed by atoms with Gasteiger partial charge in [0.15, 0.2) is 0 Å². The van der Waals surface area contributed by atoms with Gasteiger partial charge in [-0.05, 0) is 26.6 Å². The lowest BCUT2D eigenvalue weighted by Crippen LogP contribution is -2.31.